The molecule has 7 nitrogen and oxygen atoms in total. The van der Waals surface area contributed by atoms with E-state index in [1.807, 2.05) is 0 Å². The van der Waals surface area contributed by atoms with E-state index in [2.05, 4.69) is 19.9 Å². The van der Waals surface area contributed by atoms with Crippen molar-refractivity contribution >= 4 is 16.0 Å². The first-order valence-corrected chi connectivity index (χ1v) is 6.88. The lowest BCUT2D eigenvalue weighted by molar-refractivity contribution is 0.169. The second-order valence-electron chi connectivity index (χ2n) is 3.60. The average Bonchev–Trinajstić information content (AvgIpc) is 2.19. The van der Waals surface area contributed by atoms with Crippen LogP contribution in [0.1, 0.15) is 6.42 Å². The van der Waals surface area contributed by atoms with Crippen LogP contribution in [0.4, 0.5) is 0 Å². The second kappa shape index (κ2) is 6.02. The molecule has 0 aromatic carbocycles. The average molecular weight is 250 g/mol. The summed E-state index contributed by atoms with van der Waals surface area (Å²) in [6.07, 6.45) is 2.03. The van der Waals surface area contributed by atoms with Crippen LogP contribution in [0.2, 0.25) is 0 Å². The Kier molecular flexibility index (Phi) is 4.97. The quantitative estimate of drug-likeness (QED) is 0.596. The molecular formula is C8H18N4O3S. The predicted molar refractivity (Wildman–Crippen MR) is 61.5 cm³/mol. The smallest absolute Gasteiger partial charge is 0.232 e. The number of nitrogens with one attached hydrogen (secondary N) is 2. The Morgan fingerprint density at radius 1 is 1.62 bits per heavy atom. The van der Waals surface area contributed by atoms with Crippen molar-refractivity contribution in [1.82, 2.24) is 14.9 Å². The molecule has 94 valence electrons. The third-order valence-corrected chi connectivity index (χ3v) is 2.57. The van der Waals surface area contributed by atoms with E-state index in [-0.39, 0.29) is 0 Å². The lowest BCUT2D eigenvalue weighted by Crippen LogP contribution is -2.50. The van der Waals surface area contributed by atoms with Crippen molar-refractivity contribution in [2.24, 2.45) is 4.99 Å². The van der Waals surface area contributed by atoms with Crippen LogP contribution in [0.5, 0.6) is 0 Å². The van der Waals surface area contributed by atoms with Gasteiger partial charge in [-0.2, -0.15) is 0 Å². The van der Waals surface area contributed by atoms with Gasteiger partial charge in [0.1, 0.15) is 0 Å². The third kappa shape index (κ3) is 5.29. The Hall–Kier alpha value is -0.860. The van der Waals surface area contributed by atoms with Crippen molar-refractivity contribution in [3.8, 4) is 0 Å². The molecule has 16 heavy (non-hydrogen) atoms. The van der Waals surface area contributed by atoms with Crippen molar-refractivity contribution in [3.63, 3.8) is 0 Å². The lowest BCUT2D eigenvalue weighted by atomic mass is 10.4. The van der Waals surface area contributed by atoms with Crippen LogP contribution in [0.25, 0.3) is 0 Å². The van der Waals surface area contributed by atoms with Crippen molar-refractivity contribution in [2.45, 2.75) is 6.42 Å². The van der Waals surface area contributed by atoms with Gasteiger partial charge in [0.25, 0.3) is 0 Å². The molecule has 0 radical (unpaired) electrons. The fourth-order valence-electron chi connectivity index (χ4n) is 1.29. The molecule has 0 saturated heterocycles. The lowest BCUT2D eigenvalue weighted by Gasteiger charge is -2.26. The Morgan fingerprint density at radius 3 is 2.88 bits per heavy atom. The fraction of sp³-hybridized carbons (Fsp3) is 0.875. The maximum absolute atomic E-state index is 10.9. The molecule has 0 aliphatic carbocycles. The minimum atomic E-state index is -3.24. The molecule has 1 aliphatic heterocycles. The third-order valence-electron chi connectivity index (χ3n) is 2.00. The zero-order valence-corrected chi connectivity index (χ0v) is 10.4. The summed E-state index contributed by atoms with van der Waals surface area (Å²) < 4.78 is 29.1. The Bertz CT molecular complexity index is 341. The molecule has 1 heterocycles. The molecule has 0 fully saturated rings. The zero-order chi connectivity index (χ0) is 12.0. The molecule has 0 amide bonds. The second-order valence-corrected chi connectivity index (χ2v) is 5.35. The van der Waals surface area contributed by atoms with Gasteiger partial charge in [-0.25, -0.2) is 13.4 Å². The van der Waals surface area contributed by atoms with E-state index in [0.717, 1.165) is 19.2 Å². The number of rotatable bonds is 5. The topological polar surface area (TPSA) is 83.0 Å². The SMILES string of the molecule is COCCCN1CN=C(NS(C)(=O)=O)NC1. The van der Waals surface area contributed by atoms with Crippen LogP contribution in [-0.4, -0.2) is 59.1 Å². The fourth-order valence-corrected chi connectivity index (χ4v) is 1.78. The first-order valence-electron chi connectivity index (χ1n) is 4.98. The Balaban J connectivity index is 2.31. The summed E-state index contributed by atoms with van der Waals surface area (Å²) in [6, 6.07) is 0. The highest BCUT2D eigenvalue weighted by Gasteiger charge is 2.13. The van der Waals surface area contributed by atoms with Crippen LogP contribution >= 0.6 is 0 Å². The highest BCUT2D eigenvalue weighted by Crippen LogP contribution is 1.95. The van der Waals surface area contributed by atoms with E-state index in [1.54, 1.807) is 7.11 Å². The highest BCUT2D eigenvalue weighted by molar-refractivity contribution is 7.89. The molecule has 0 saturated carbocycles. The summed E-state index contributed by atoms with van der Waals surface area (Å²) in [5, 5.41) is 2.90. The number of hydrogen-bond acceptors (Lipinski definition) is 6. The monoisotopic (exact) mass is 250 g/mol. The first-order chi connectivity index (χ1) is 7.51. The van der Waals surface area contributed by atoms with Gasteiger partial charge in [0.05, 0.1) is 19.6 Å². The first kappa shape index (κ1) is 13.2. The van der Waals surface area contributed by atoms with Crippen molar-refractivity contribution in [1.29, 1.82) is 0 Å². The minimum absolute atomic E-state index is 0.311. The summed E-state index contributed by atoms with van der Waals surface area (Å²) >= 11 is 0. The van der Waals surface area contributed by atoms with Crippen LogP contribution in [0.3, 0.4) is 0 Å². The van der Waals surface area contributed by atoms with E-state index in [4.69, 9.17) is 4.74 Å². The van der Waals surface area contributed by atoms with E-state index in [9.17, 15) is 8.42 Å². The maximum Gasteiger partial charge on any atom is 0.232 e. The number of hydrogen-bond donors (Lipinski definition) is 2. The molecule has 0 aromatic heterocycles. The molecule has 8 heteroatoms. The van der Waals surface area contributed by atoms with E-state index < -0.39 is 10.0 Å². The largest absolute Gasteiger partial charge is 0.385 e. The molecular weight excluding hydrogens is 232 g/mol. The molecule has 2 N–H and O–H groups in total. The summed E-state index contributed by atoms with van der Waals surface area (Å²) in [4.78, 5) is 6.14. The van der Waals surface area contributed by atoms with Crippen LogP contribution in [0, 0.1) is 0 Å². The highest BCUT2D eigenvalue weighted by atomic mass is 32.2. The minimum Gasteiger partial charge on any atom is -0.385 e. The zero-order valence-electron chi connectivity index (χ0n) is 9.56. The number of methoxy groups -OCH3 is 1. The number of sulfonamides is 1. The molecule has 0 atom stereocenters. The van der Waals surface area contributed by atoms with Gasteiger partial charge in [0.15, 0.2) is 0 Å². The van der Waals surface area contributed by atoms with E-state index in [1.165, 1.54) is 0 Å². The van der Waals surface area contributed by atoms with Gasteiger partial charge >= 0.3 is 0 Å². The maximum atomic E-state index is 10.9. The summed E-state index contributed by atoms with van der Waals surface area (Å²) in [6.45, 7) is 2.67. The predicted octanol–water partition coefficient (Wildman–Crippen LogP) is -1.25. The van der Waals surface area contributed by atoms with Gasteiger partial charge in [-0.1, -0.05) is 0 Å². The number of ether oxygens (including phenoxy) is 1. The van der Waals surface area contributed by atoms with Crippen LogP contribution < -0.4 is 10.0 Å². The summed E-state index contributed by atoms with van der Waals surface area (Å²) in [7, 11) is -1.58. The normalized spacial score (nSPS) is 17.8. The molecule has 0 unspecified atom stereocenters. The Morgan fingerprint density at radius 2 is 2.38 bits per heavy atom. The van der Waals surface area contributed by atoms with Gasteiger partial charge in [-0.3, -0.25) is 9.62 Å². The Labute approximate surface area is 95.9 Å². The number of aliphatic imine (C=N–C) groups is 1. The van der Waals surface area contributed by atoms with Gasteiger partial charge in [-0.05, 0) is 6.42 Å². The van der Waals surface area contributed by atoms with Gasteiger partial charge < -0.3 is 10.1 Å². The molecule has 0 aromatic rings. The van der Waals surface area contributed by atoms with Crippen molar-refractivity contribution in [3.05, 3.63) is 0 Å². The molecule has 0 spiro atoms. The van der Waals surface area contributed by atoms with Crippen LogP contribution in [-0.2, 0) is 14.8 Å². The van der Waals surface area contributed by atoms with E-state index >= 15 is 0 Å². The van der Waals surface area contributed by atoms with Crippen molar-refractivity contribution in [2.75, 3.05) is 39.9 Å². The number of guanidine groups is 1. The molecule has 0 bridgehead atoms. The summed E-state index contributed by atoms with van der Waals surface area (Å²) in [5.74, 6) is 0.311. The van der Waals surface area contributed by atoms with Crippen LogP contribution in [0.15, 0.2) is 4.99 Å². The standard InChI is InChI=1S/C8H18N4O3S/c1-15-5-3-4-12-6-9-8(10-7-12)11-16(2,13)14/h3-7H2,1-2H3,(H2,9,10,11). The molecule has 1 aliphatic rings. The summed E-state index contributed by atoms with van der Waals surface area (Å²) in [5.41, 5.74) is 0. The molecule has 1 rings (SSSR count). The number of nitrogens with zero attached hydrogens (tertiary/aromatic N) is 2. The van der Waals surface area contributed by atoms with Gasteiger partial charge in [0, 0.05) is 20.3 Å². The van der Waals surface area contributed by atoms with E-state index in [0.29, 0.717) is 25.9 Å². The van der Waals surface area contributed by atoms with Gasteiger partial charge in [-0.15, -0.1) is 0 Å². The van der Waals surface area contributed by atoms with Gasteiger partial charge in [0.2, 0.25) is 16.0 Å². The van der Waals surface area contributed by atoms with Crippen molar-refractivity contribution < 1.29 is 13.2 Å².